The van der Waals surface area contributed by atoms with E-state index in [0.717, 1.165) is 36.1 Å². The van der Waals surface area contributed by atoms with E-state index in [1.165, 1.54) is 11.8 Å². The lowest BCUT2D eigenvalue weighted by Crippen LogP contribution is -2.51. The van der Waals surface area contributed by atoms with Crippen LogP contribution in [0.3, 0.4) is 0 Å². The Kier molecular flexibility index (Phi) is 6.66. The van der Waals surface area contributed by atoms with Crippen LogP contribution in [0, 0.1) is 18.3 Å². The summed E-state index contributed by atoms with van der Waals surface area (Å²) in [6.07, 6.45) is 6.10. The molecule has 0 spiro atoms. The molecule has 1 atom stereocenters. The van der Waals surface area contributed by atoms with Gasteiger partial charge in [0, 0.05) is 0 Å². The van der Waals surface area contributed by atoms with Crippen molar-refractivity contribution >= 4 is 17.7 Å². The van der Waals surface area contributed by atoms with Crippen LogP contribution in [0.4, 0.5) is 0 Å². The van der Waals surface area contributed by atoms with Crippen LogP contribution in [0.25, 0.3) is 11.4 Å². The van der Waals surface area contributed by atoms with Crippen molar-refractivity contribution in [1.29, 1.82) is 5.26 Å². The number of hydrogen-bond donors (Lipinski definition) is 1. The monoisotopic (exact) mass is 449 g/mol. The topological polar surface area (TPSA) is 96.7 Å². The maximum atomic E-state index is 13.0. The molecule has 1 aromatic carbocycles. The van der Waals surface area contributed by atoms with Crippen molar-refractivity contribution in [2.75, 3.05) is 0 Å². The van der Waals surface area contributed by atoms with Gasteiger partial charge in [-0.05, 0) is 38.3 Å². The molecule has 1 aliphatic rings. The Labute approximate surface area is 192 Å². The van der Waals surface area contributed by atoms with Crippen LogP contribution >= 0.6 is 11.8 Å². The number of rotatable bonds is 7. The van der Waals surface area contributed by atoms with Crippen molar-refractivity contribution in [2.45, 2.75) is 68.4 Å². The highest BCUT2D eigenvalue weighted by Gasteiger charge is 2.35. The molecular weight excluding hydrogens is 422 g/mol. The van der Waals surface area contributed by atoms with Crippen LogP contribution in [0.15, 0.2) is 52.2 Å². The smallest absolute Gasteiger partial charge is 0.234 e. The number of thioether (sulfide) groups is 1. The standard InChI is InChI=1S/C24H27N5O2S/c1-17-20(11-14-31-17)21-27-28-23(29(21)15-19-9-5-3-6-10-19)32-18(2)22(30)26-24(16-25)12-7-4-8-13-24/h3,5-6,9-11,14,18H,4,7-8,12-13,15H2,1-2H3,(H,26,30). The van der Waals surface area contributed by atoms with Crippen LogP contribution in [-0.2, 0) is 11.3 Å². The first-order valence-electron chi connectivity index (χ1n) is 10.9. The molecular formula is C24H27N5O2S. The van der Waals surface area contributed by atoms with Crippen LogP contribution in [0.5, 0.6) is 0 Å². The first kappa shape index (κ1) is 22.2. The van der Waals surface area contributed by atoms with Gasteiger partial charge in [-0.3, -0.25) is 9.36 Å². The average Bonchev–Trinajstić information content (AvgIpc) is 3.40. The number of aryl methyl sites for hydroxylation is 1. The van der Waals surface area contributed by atoms with Gasteiger partial charge in [-0.1, -0.05) is 61.4 Å². The van der Waals surface area contributed by atoms with Crippen molar-refractivity contribution in [2.24, 2.45) is 0 Å². The highest BCUT2D eigenvalue weighted by Crippen LogP contribution is 2.31. The lowest BCUT2D eigenvalue weighted by Gasteiger charge is -2.32. The number of aromatic nitrogens is 3. The number of furan rings is 1. The number of hydrogen-bond acceptors (Lipinski definition) is 6. The van der Waals surface area contributed by atoms with Crippen molar-refractivity contribution in [3.63, 3.8) is 0 Å². The largest absolute Gasteiger partial charge is 0.469 e. The Morgan fingerprint density at radius 1 is 1.25 bits per heavy atom. The summed E-state index contributed by atoms with van der Waals surface area (Å²) in [7, 11) is 0. The van der Waals surface area contributed by atoms with E-state index in [1.54, 1.807) is 6.26 Å². The predicted octanol–water partition coefficient (Wildman–Crippen LogP) is 4.72. The zero-order valence-corrected chi connectivity index (χ0v) is 19.2. The summed E-state index contributed by atoms with van der Waals surface area (Å²) < 4.78 is 7.49. The van der Waals surface area contributed by atoms with Crippen molar-refractivity contribution in [3.8, 4) is 17.5 Å². The summed E-state index contributed by atoms with van der Waals surface area (Å²) in [5.41, 5.74) is 1.24. The second kappa shape index (κ2) is 9.61. The molecule has 8 heteroatoms. The number of benzene rings is 1. The van der Waals surface area contributed by atoms with Crippen LogP contribution in [-0.4, -0.2) is 31.5 Å². The summed E-state index contributed by atoms with van der Waals surface area (Å²) in [5, 5.41) is 21.8. The molecule has 3 aromatic rings. The van der Waals surface area contributed by atoms with Gasteiger partial charge in [-0.15, -0.1) is 10.2 Å². The number of amides is 1. The Bertz CT molecular complexity index is 1110. The molecule has 1 unspecified atom stereocenters. The van der Waals surface area contributed by atoms with Crippen LogP contribution in [0.1, 0.15) is 50.4 Å². The lowest BCUT2D eigenvalue weighted by atomic mass is 9.83. The molecule has 166 valence electrons. The van der Waals surface area contributed by atoms with Gasteiger partial charge in [0.1, 0.15) is 11.3 Å². The molecule has 4 rings (SSSR count). The minimum Gasteiger partial charge on any atom is -0.469 e. The fraction of sp³-hybridized carbons (Fsp3) is 0.417. The summed E-state index contributed by atoms with van der Waals surface area (Å²) in [4.78, 5) is 13.0. The highest BCUT2D eigenvalue weighted by atomic mass is 32.2. The summed E-state index contributed by atoms with van der Waals surface area (Å²) in [6.45, 7) is 4.32. The number of nitrogens with zero attached hydrogens (tertiary/aromatic N) is 4. The molecule has 2 aromatic heterocycles. The van der Waals surface area contributed by atoms with E-state index in [0.29, 0.717) is 30.4 Å². The number of carbonyl (C=O) groups is 1. The molecule has 1 saturated carbocycles. The first-order valence-corrected chi connectivity index (χ1v) is 11.8. The van der Waals surface area contributed by atoms with Gasteiger partial charge < -0.3 is 9.73 Å². The van der Waals surface area contributed by atoms with Crippen LogP contribution < -0.4 is 5.32 Å². The number of nitriles is 1. The van der Waals surface area contributed by atoms with Crippen LogP contribution in [0.2, 0.25) is 0 Å². The minimum absolute atomic E-state index is 0.145. The predicted molar refractivity (Wildman–Crippen MR) is 123 cm³/mol. The molecule has 1 N–H and O–H groups in total. The fourth-order valence-corrected chi connectivity index (χ4v) is 4.92. The average molecular weight is 450 g/mol. The number of carbonyl (C=O) groups excluding carboxylic acids is 1. The third kappa shape index (κ3) is 4.73. The quantitative estimate of drug-likeness (QED) is 0.524. The summed E-state index contributed by atoms with van der Waals surface area (Å²) in [5.74, 6) is 1.33. The third-order valence-corrected chi connectivity index (χ3v) is 7.02. The SMILES string of the molecule is Cc1occc1-c1nnc(SC(C)C(=O)NC2(C#N)CCCCC2)n1Cc1ccccc1. The van der Waals surface area contributed by atoms with Gasteiger partial charge in [0.2, 0.25) is 5.91 Å². The fourth-order valence-electron chi connectivity index (χ4n) is 4.07. The first-order chi connectivity index (χ1) is 15.5. The van der Waals surface area contributed by atoms with E-state index in [2.05, 4.69) is 33.7 Å². The van der Waals surface area contributed by atoms with Crippen molar-refractivity contribution in [1.82, 2.24) is 20.1 Å². The Morgan fingerprint density at radius 3 is 2.66 bits per heavy atom. The normalized spacial score (nSPS) is 16.3. The van der Waals surface area contributed by atoms with Crippen molar-refractivity contribution < 1.29 is 9.21 Å². The molecule has 0 bridgehead atoms. The Hall–Kier alpha value is -3.05. The van der Waals surface area contributed by atoms with E-state index < -0.39 is 10.8 Å². The molecule has 0 aliphatic heterocycles. The molecule has 0 saturated heterocycles. The third-order valence-electron chi connectivity index (χ3n) is 5.94. The zero-order chi connectivity index (χ0) is 22.6. The van der Waals surface area contributed by atoms with E-state index >= 15 is 0 Å². The van der Waals surface area contributed by atoms with E-state index in [-0.39, 0.29) is 5.91 Å². The van der Waals surface area contributed by atoms with E-state index in [4.69, 9.17) is 4.42 Å². The molecule has 32 heavy (non-hydrogen) atoms. The summed E-state index contributed by atoms with van der Waals surface area (Å²) >= 11 is 1.36. The van der Waals surface area contributed by atoms with Crippen molar-refractivity contribution in [3.05, 3.63) is 54.0 Å². The second-order valence-electron chi connectivity index (χ2n) is 8.27. The zero-order valence-electron chi connectivity index (χ0n) is 18.4. The minimum atomic E-state index is -0.749. The highest BCUT2D eigenvalue weighted by molar-refractivity contribution is 8.00. The second-order valence-corrected chi connectivity index (χ2v) is 9.58. The Morgan fingerprint density at radius 2 is 2.00 bits per heavy atom. The molecule has 1 aliphatic carbocycles. The molecule has 1 fully saturated rings. The van der Waals surface area contributed by atoms with Gasteiger partial charge in [0.25, 0.3) is 0 Å². The molecule has 2 heterocycles. The number of nitrogens with one attached hydrogen (secondary N) is 1. The molecule has 7 nitrogen and oxygen atoms in total. The van der Waals surface area contributed by atoms with Gasteiger partial charge in [0.05, 0.1) is 29.7 Å². The van der Waals surface area contributed by atoms with Gasteiger partial charge >= 0.3 is 0 Å². The lowest BCUT2D eigenvalue weighted by molar-refractivity contribution is -0.121. The summed E-state index contributed by atoms with van der Waals surface area (Å²) in [6, 6.07) is 14.3. The Balaban J connectivity index is 1.57. The molecule has 0 radical (unpaired) electrons. The maximum absolute atomic E-state index is 13.0. The van der Waals surface area contributed by atoms with Gasteiger partial charge in [-0.25, -0.2) is 0 Å². The maximum Gasteiger partial charge on any atom is 0.234 e. The van der Waals surface area contributed by atoms with E-state index in [9.17, 15) is 10.1 Å². The van der Waals surface area contributed by atoms with Gasteiger partial charge in [-0.2, -0.15) is 5.26 Å². The van der Waals surface area contributed by atoms with Gasteiger partial charge in [0.15, 0.2) is 11.0 Å². The van der Waals surface area contributed by atoms with E-state index in [1.807, 2.05) is 42.7 Å². The molecule has 1 amide bonds.